The van der Waals surface area contributed by atoms with Crippen molar-refractivity contribution in [2.75, 3.05) is 0 Å². The highest BCUT2D eigenvalue weighted by Crippen LogP contribution is 2.32. The molecule has 0 aliphatic carbocycles. The molecule has 0 bridgehead atoms. The molecule has 0 saturated carbocycles. The van der Waals surface area contributed by atoms with Crippen LogP contribution in [-0.2, 0) is 10.2 Å². The van der Waals surface area contributed by atoms with Crippen LogP contribution in [0.25, 0.3) is 0 Å². The summed E-state index contributed by atoms with van der Waals surface area (Å²) in [6.45, 7) is 8.67. The maximum Gasteiger partial charge on any atom is 0.313 e. The van der Waals surface area contributed by atoms with Crippen molar-refractivity contribution in [3.05, 3.63) is 34.3 Å². The van der Waals surface area contributed by atoms with Gasteiger partial charge in [-0.05, 0) is 25.5 Å². The van der Waals surface area contributed by atoms with Crippen molar-refractivity contribution < 1.29 is 14.7 Å². The van der Waals surface area contributed by atoms with Gasteiger partial charge in [-0.1, -0.05) is 44.5 Å². The average molecular weight is 283 g/mol. The molecule has 19 heavy (non-hydrogen) atoms. The van der Waals surface area contributed by atoms with Crippen LogP contribution in [-0.4, -0.2) is 16.9 Å². The number of carbonyl (C=O) groups is 2. The molecule has 1 rings (SSSR count). The molecule has 4 heteroatoms. The number of halogens is 1. The van der Waals surface area contributed by atoms with Crippen molar-refractivity contribution in [2.24, 2.45) is 5.41 Å². The highest BCUT2D eigenvalue weighted by atomic mass is 35.5. The lowest BCUT2D eigenvalue weighted by molar-refractivity contribution is -0.142. The summed E-state index contributed by atoms with van der Waals surface area (Å²) in [4.78, 5) is 23.4. The average Bonchev–Trinajstić information content (AvgIpc) is 2.25. The molecule has 104 valence electrons. The van der Waals surface area contributed by atoms with E-state index < -0.39 is 16.8 Å². The largest absolute Gasteiger partial charge is 0.481 e. The number of hydrogen-bond donors (Lipinski definition) is 1. The standard InChI is InChI=1S/C15H19ClO3/c1-14(2,3)12(17)9-6-7-10(11(16)8-9)15(4,5)13(18)19/h6-8H,1-5H3,(H,18,19). The molecule has 0 radical (unpaired) electrons. The highest BCUT2D eigenvalue weighted by molar-refractivity contribution is 6.32. The smallest absolute Gasteiger partial charge is 0.313 e. The fraction of sp³-hybridized carbons (Fsp3) is 0.467. The Morgan fingerprint density at radius 1 is 1.11 bits per heavy atom. The Balaban J connectivity index is 3.27. The van der Waals surface area contributed by atoms with Crippen LogP contribution in [0.5, 0.6) is 0 Å². The lowest BCUT2D eigenvalue weighted by Gasteiger charge is -2.22. The summed E-state index contributed by atoms with van der Waals surface area (Å²) in [5.74, 6) is -0.974. The highest BCUT2D eigenvalue weighted by Gasteiger charge is 2.32. The SMILES string of the molecule is CC(C)(C)C(=O)c1ccc(C(C)(C)C(=O)O)c(Cl)c1. The third-order valence-corrected chi connectivity index (χ3v) is 3.43. The van der Waals surface area contributed by atoms with E-state index in [9.17, 15) is 14.7 Å². The van der Waals surface area contributed by atoms with Crippen molar-refractivity contribution in [3.8, 4) is 0 Å². The van der Waals surface area contributed by atoms with Crippen LogP contribution < -0.4 is 0 Å². The van der Waals surface area contributed by atoms with Gasteiger partial charge < -0.3 is 5.11 Å². The third-order valence-electron chi connectivity index (χ3n) is 3.12. The minimum Gasteiger partial charge on any atom is -0.481 e. The quantitative estimate of drug-likeness (QED) is 0.855. The summed E-state index contributed by atoms with van der Waals surface area (Å²) in [6, 6.07) is 4.81. The van der Waals surface area contributed by atoms with E-state index in [1.807, 2.05) is 20.8 Å². The fourth-order valence-electron chi connectivity index (χ4n) is 1.71. The van der Waals surface area contributed by atoms with E-state index in [1.54, 1.807) is 32.0 Å². The minimum atomic E-state index is -1.08. The first kappa shape index (κ1) is 15.7. The van der Waals surface area contributed by atoms with Gasteiger partial charge in [-0.25, -0.2) is 0 Å². The monoisotopic (exact) mass is 282 g/mol. The Morgan fingerprint density at radius 2 is 1.63 bits per heavy atom. The molecule has 0 fully saturated rings. The van der Waals surface area contributed by atoms with Gasteiger partial charge in [0.15, 0.2) is 5.78 Å². The van der Waals surface area contributed by atoms with Crippen molar-refractivity contribution in [1.82, 2.24) is 0 Å². The number of hydrogen-bond acceptors (Lipinski definition) is 2. The number of aliphatic carboxylic acids is 1. The third kappa shape index (κ3) is 3.16. The zero-order valence-electron chi connectivity index (χ0n) is 11.9. The van der Waals surface area contributed by atoms with E-state index in [4.69, 9.17) is 11.6 Å². The molecule has 0 aromatic heterocycles. The number of benzene rings is 1. The second-order valence-electron chi connectivity index (χ2n) is 6.20. The number of carboxylic acid groups (broad SMARTS) is 1. The molecule has 0 aliphatic rings. The van der Waals surface area contributed by atoms with Gasteiger partial charge in [-0.15, -0.1) is 0 Å². The van der Waals surface area contributed by atoms with Crippen molar-refractivity contribution >= 4 is 23.4 Å². The Hall–Kier alpha value is -1.35. The molecule has 1 aromatic carbocycles. The Bertz CT molecular complexity index is 525. The molecule has 0 amide bonds. The van der Waals surface area contributed by atoms with Crippen LogP contribution in [0.2, 0.25) is 5.02 Å². The van der Waals surface area contributed by atoms with Gasteiger partial charge in [0.05, 0.1) is 5.41 Å². The number of Topliss-reactive ketones (excluding diaryl/α,β-unsaturated/α-hetero) is 1. The summed E-state index contributed by atoms with van der Waals surface area (Å²) >= 11 is 6.14. The molecule has 0 aliphatic heterocycles. The fourth-order valence-corrected chi connectivity index (χ4v) is 2.13. The lowest BCUT2D eigenvalue weighted by atomic mass is 9.82. The number of carboxylic acids is 1. The predicted molar refractivity (Wildman–Crippen MR) is 75.9 cm³/mol. The van der Waals surface area contributed by atoms with E-state index in [0.29, 0.717) is 16.1 Å². The molecular weight excluding hydrogens is 264 g/mol. The summed E-state index contributed by atoms with van der Waals surface area (Å²) < 4.78 is 0. The molecule has 3 nitrogen and oxygen atoms in total. The number of carbonyl (C=O) groups excluding carboxylic acids is 1. The molecular formula is C15H19ClO3. The second-order valence-corrected chi connectivity index (χ2v) is 6.61. The minimum absolute atomic E-state index is 0.0194. The van der Waals surface area contributed by atoms with Crippen LogP contribution in [0.15, 0.2) is 18.2 Å². The second kappa shape index (κ2) is 4.97. The Labute approximate surface area is 118 Å². The van der Waals surface area contributed by atoms with Gasteiger partial charge >= 0.3 is 5.97 Å². The topological polar surface area (TPSA) is 54.4 Å². The molecule has 0 heterocycles. The van der Waals surface area contributed by atoms with Crippen molar-refractivity contribution in [1.29, 1.82) is 0 Å². The first-order chi connectivity index (χ1) is 8.48. The lowest BCUT2D eigenvalue weighted by Crippen LogP contribution is -2.29. The summed E-state index contributed by atoms with van der Waals surface area (Å²) in [7, 11) is 0. The van der Waals surface area contributed by atoms with Crippen molar-refractivity contribution in [2.45, 2.75) is 40.0 Å². The van der Waals surface area contributed by atoms with Crippen LogP contribution in [0.1, 0.15) is 50.5 Å². The summed E-state index contributed by atoms with van der Waals surface area (Å²) in [5.41, 5.74) is -0.567. The maximum atomic E-state index is 12.1. The number of rotatable bonds is 3. The molecule has 0 saturated heterocycles. The van der Waals surface area contributed by atoms with Gasteiger partial charge in [-0.2, -0.15) is 0 Å². The van der Waals surface area contributed by atoms with E-state index in [2.05, 4.69) is 0 Å². The van der Waals surface area contributed by atoms with Crippen LogP contribution in [0.3, 0.4) is 0 Å². The van der Waals surface area contributed by atoms with E-state index in [-0.39, 0.29) is 5.78 Å². The first-order valence-electron chi connectivity index (χ1n) is 6.06. The molecule has 0 atom stereocenters. The molecule has 0 spiro atoms. The van der Waals surface area contributed by atoms with Gasteiger partial charge in [0.25, 0.3) is 0 Å². The first-order valence-corrected chi connectivity index (χ1v) is 6.44. The molecule has 0 unspecified atom stereocenters. The normalized spacial score (nSPS) is 12.3. The van der Waals surface area contributed by atoms with Crippen molar-refractivity contribution in [3.63, 3.8) is 0 Å². The van der Waals surface area contributed by atoms with E-state index in [0.717, 1.165) is 0 Å². The van der Waals surface area contributed by atoms with Crippen LogP contribution >= 0.6 is 11.6 Å². The van der Waals surface area contributed by atoms with E-state index >= 15 is 0 Å². The zero-order valence-corrected chi connectivity index (χ0v) is 12.6. The van der Waals surface area contributed by atoms with E-state index in [1.165, 1.54) is 0 Å². The summed E-state index contributed by atoms with van der Waals surface area (Å²) in [5, 5.41) is 9.51. The van der Waals surface area contributed by atoms with Crippen LogP contribution in [0, 0.1) is 5.41 Å². The number of ketones is 1. The van der Waals surface area contributed by atoms with Gasteiger partial charge in [0.1, 0.15) is 0 Å². The van der Waals surface area contributed by atoms with Gasteiger partial charge in [-0.3, -0.25) is 9.59 Å². The Morgan fingerprint density at radius 3 is 2.00 bits per heavy atom. The molecule has 1 aromatic rings. The van der Waals surface area contributed by atoms with Crippen LogP contribution in [0.4, 0.5) is 0 Å². The zero-order chi connectivity index (χ0) is 15.0. The predicted octanol–water partition coefficient (Wildman–Crippen LogP) is 3.93. The maximum absolute atomic E-state index is 12.1. The van der Waals surface area contributed by atoms with Gasteiger partial charge in [0, 0.05) is 16.0 Å². The molecule has 1 N–H and O–H groups in total. The Kier molecular flexibility index (Phi) is 4.11. The summed E-state index contributed by atoms with van der Waals surface area (Å²) in [6.07, 6.45) is 0. The van der Waals surface area contributed by atoms with Gasteiger partial charge in [0.2, 0.25) is 0 Å².